The van der Waals surface area contributed by atoms with Gasteiger partial charge in [0.1, 0.15) is 0 Å². The molecule has 0 fully saturated rings. The molecule has 0 radical (unpaired) electrons. The van der Waals surface area contributed by atoms with Crippen molar-refractivity contribution in [2.75, 3.05) is 27.2 Å². The van der Waals surface area contributed by atoms with Crippen LogP contribution in [0.5, 0.6) is 0 Å². The number of likely N-dealkylation sites (N-methyl/N-ethyl adjacent to an activating group) is 1. The summed E-state index contributed by atoms with van der Waals surface area (Å²) in [5.41, 5.74) is 1.61. The SMILES string of the molecule is CN=C(NCCC1=CCCC1)N(C)CCc1cccs1. The fraction of sp³-hybridized carbons (Fsp3) is 0.562. The molecule has 3 nitrogen and oxygen atoms in total. The van der Waals surface area contributed by atoms with Crippen LogP contribution < -0.4 is 5.32 Å². The van der Waals surface area contributed by atoms with E-state index < -0.39 is 0 Å². The third kappa shape index (κ3) is 4.67. The number of hydrogen-bond acceptors (Lipinski definition) is 2. The second-order valence-electron chi connectivity index (χ2n) is 5.23. The lowest BCUT2D eigenvalue weighted by molar-refractivity contribution is 0.487. The molecule has 0 bridgehead atoms. The number of aliphatic imine (C=N–C) groups is 1. The number of hydrogen-bond donors (Lipinski definition) is 1. The Kier molecular flexibility index (Phi) is 6.12. The van der Waals surface area contributed by atoms with Gasteiger partial charge in [0.05, 0.1) is 0 Å². The van der Waals surface area contributed by atoms with Gasteiger partial charge in [0, 0.05) is 32.1 Å². The van der Waals surface area contributed by atoms with Crippen LogP contribution in [0, 0.1) is 0 Å². The van der Waals surface area contributed by atoms with Gasteiger partial charge in [-0.25, -0.2) is 0 Å². The molecular formula is C16H25N3S. The van der Waals surface area contributed by atoms with Gasteiger partial charge in [-0.05, 0) is 43.6 Å². The zero-order chi connectivity index (χ0) is 14.2. The lowest BCUT2D eigenvalue weighted by atomic mass is 10.2. The van der Waals surface area contributed by atoms with Crippen molar-refractivity contribution in [3.63, 3.8) is 0 Å². The quantitative estimate of drug-likeness (QED) is 0.495. The van der Waals surface area contributed by atoms with E-state index in [-0.39, 0.29) is 0 Å². The summed E-state index contributed by atoms with van der Waals surface area (Å²) in [5, 5.41) is 5.60. The number of allylic oxidation sites excluding steroid dienone is 1. The molecule has 4 heteroatoms. The van der Waals surface area contributed by atoms with Crippen LogP contribution in [-0.4, -0.2) is 38.0 Å². The molecule has 0 unspecified atom stereocenters. The highest BCUT2D eigenvalue weighted by molar-refractivity contribution is 7.09. The number of nitrogens with zero attached hydrogens (tertiary/aromatic N) is 2. The molecule has 1 aliphatic carbocycles. The molecule has 1 aliphatic rings. The van der Waals surface area contributed by atoms with Crippen LogP contribution in [0.4, 0.5) is 0 Å². The highest BCUT2D eigenvalue weighted by Crippen LogP contribution is 2.19. The first-order valence-electron chi connectivity index (χ1n) is 7.41. The van der Waals surface area contributed by atoms with Crippen LogP contribution in [0.15, 0.2) is 34.2 Å². The van der Waals surface area contributed by atoms with Crippen LogP contribution in [0.25, 0.3) is 0 Å². The summed E-state index contributed by atoms with van der Waals surface area (Å²) in [7, 11) is 3.97. The van der Waals surface area contributed by atoms with Crippen LogP contribution >= 0.6 is 11.3 Å². The van der Waals surface area contributed by atoms with Gasteiger partial charge in [0.25, 0.3) is 0 Å². The largest absolute Gasteiger partial charge is 0.356 e. The zero-order valence-corrected chi connectivity index (χ0v) is 13.4. The molecule has 1 heterocycles. The summed E-state index contributed by atoms with van der Waals surface area (Å²) in [6, 6.07) is 4.31. The molecule has 0 atom stereocenters. The second-order valence-corrected chi connectivity index (χ2v) is 6.26. The molecule has 20 heavy (non-hydrogen) atoms. The van der Waals surface area contributed by atoms with Gasteiger partial charge < -0.3 is 10.2 Å². The van der Waals surface area contributed by atoms with Gasteiger partial charge in [-0.1, -0.05) is 17.7 Å². The average molecular weight is 291 g/mol. The van der Waals surface area contributed by atoms with E-state index in [1.807, 2.05) is 18.4 Å². The van der Waals surface area contributed by atoms with Gasteiger partial charge in [-0.2, -0.15) is 0 Å². The molecule has 0 aromatic carbocycles. The van der Waals surface area contributed by atoms with E-state index in [2.05, 4.69) is 45.8 Å². The normalized spacial score (nSPS) is 15.3. The minimum atomic E-state index is 0.988. The van der Waals surface area contributed by atoms with Gasteiger partial charge in [-0.3, -0.25) is 4.99 Å². The Morgan fingerprint density at radius 3 is 3.00 bits per heavy atom. The Balaban J connectivity index is 1.70. The van der Waals surface area contributed by atoms with Crippen molar-refractivity contribution in [2.45, 2.75) is 32.1 Å². The highest BCUT2D eigenvalue weighted by atomic mass is 32.1. The molecule has 1 N–H and O–H groups in total. The number of thiophene rings is 1. The first kappa shape index (κ1) is 15.1. The van der Waals surface area contributed by atoms with Crippen molar-refractivity contribution in [1.82, 2.24) is 10.2 Å². The summed E-state index contributed by atoms with van der Waals surface area (Å²) in [6.45, 7) is 1.99. The molecular weight excluding hydrogens is 266 g/mol. The number of guanidine groups is 1. The molecule has 0 aliphatic heterocycles. The van der Waals surface area contributed by atoms with E-state index in [0.717, 1.165) is 31.9 Å². The van der Waals surface area contributed by atoms with Gasteiger partial charge >= 0.3 is 0 Å². The first-order valence-corrected chi connectivity index (χ1v) is 8.29. The summed E-state index contributed by atoms with van der Waals surface area (Å²) in [5.74, 6) is 1.00. The van der Waals surface area contributed by atoms with E-state index in [1.54, 1.807) is 5.57 Å². The predicted molar refractivity (Wildman–Crippen MR) is 88.6 cm³/mol. The molecule has 0 saturated heterocycles. The smallest absolute Gasteiger partial charge is 0.193 e. The second kappa shape index (κ2) is 8.10. The van der Waals surface area contributed by atoms with E-state index in [9.17, 15) is 0 Å². The van der Waals surface area contributed by atoms with Crippen molar-refractivity contribution in [2.24, 2.45) is 4.99 Å². The van der Waals surface area contributed by atoms with E-state index in [1.165, 1.54) is 24.1 Å². The van der Waals surface area contributed by atoms with Crippen molar-refractivity contribution in [3.8, 4) is 0 Å². The molecule has 2 rings (SSSR count). The zero-order valence-electron chi connectivity index (χ0n) is 12.6. The molecule has 110 valence electrons. The summed E-state index contributed by atoms with van der Waals surface area (Å²) < 4.78 is 0. The molecule has 0 saturated carbocycles. The maximum atomic E-state index is 4.37. The molecule has 1 aromatic heterocycles. The van der Waals surface area contributed by atoms with Crippen LogP contribution in [0.1, 0.15) is 30.6 Å². The monoisotopic (exact) mass is 291 g/mol. The Labute approximate surface area is 126 Å². The Bertz CT molecular complexity index is 448. The standard InChI is InChI=1S/C16H25N3S/c1-17-16(18-11-9-14-6-3-4-7-14)19(2)12-10-15-8-5-13-20-15/h5-6,8,13H,3-4,7,9-12H2,1-2H3,(H,17,18). The third-order valence-electron chi connectivity index (χ3n) is 3.71. The fourth-order valence-corrected chi connectivity index (χ4v) is 3.22. The maximum absolute atomic E-state index is 4.37. The van der Waals surface area contributed by atoms with Crippen LogP contribution in [0.3, 0.4) is 0 Å². The van der Waals surface area contributed by atoms with Gasteiger partial charge in [-0.15, -0.1) is 11.3 Å². The summed E-state index contributed by atoms with van der Waals surface area (Å²) in [4.78, 5) is 8.01. The van der Waals surface area contributed by atoms with Gasteiger partial charge in [0.15, 0.2) is 5.96 Å². The minimum absolute atomic E-state index is 0.988. The first-order chi connectivity index (χ1) is 9.79. The summed E-state index contributed by atoms with van der Waals surface area (Å²) >= 11 is 1.82. The van der Waals surface area contributed by atoms with Gasteiger partial charge in [0.2, 0.25) is 0 Å². The van der Waals surface area contributed by atoms with Crippen LogP contribution in [0.2, 0.25) is 0 Å². The van der Waals surface area contributed by atoms with Crippen molar-refractivity contribution in [1.29, 1.82) is 0 Å². The summed E-state index contributed by atoms with van der Waals surface area (Å²) in [6.07, 6.45) is 8.52. The predicted octanol–water partition coefficient (Wildman–Crippen LogP) is 3.30. The Hall–Kier alpha value is -1.29. The average Bonchev–Trinajstić information content (AvgIpc) is 3.14. The lowest BCUT2D eigenvalue weighted by Gasteiger charge is -2.22. The number of nitrogens with one attached hydrogen (secondary N) is 1. The Morgan fingerprint density at radius 1 is 1.45 bits per heavy atom. The lowest BCUT2D eigenvalue weighted by Crippen LogP contribution is -2.40. The molecule has 0 amide bonds. The molecule has 0 spiro atoms. The van der Waals surface area contributed by atoms with Crippen LogP contribution in [-0.2, 0) is 6.42 Å². The third-order valence-corrected chi connectivity index (χ3v) is 4.65. The highest BCUT2D eigenvalue weighted by Gasteiger charge is 2.08. The topological polar surface area (TPSA) is 27.6 Å². The van der Waals surface area contributed by atoms with Crippen molar-refractivity contribution in [3.05, 3.63) is 34.0 Å². The van der Waals surface area contributed by atoms with Crippen molar-refractivity contribution >= 4 is 17.3 Å². The van der Waals surface area contributed by atoms with E-state index in [4.69, 9.17) is 0 Å². The number of rotatable bonds is 6. The minimum Gasteiger partial charge on any atom is -0.356 e. The molecule has 1 aromatic rings. The van der Waals surface area contributed by atoms with Crippen molar-refractivity contribution < 1.29 is 0 Å². The fourth-order valence-electron chi connectivity index (χ4n) is 2.52. The Morgan fingerprint density at radius 2 is 2.35 bits per heavy atom. The maximum Gasteiger partial charge on any atom is 0.193 e. The van der Waals surface area contributed by atoms with E-state index in [0.29, 0.717) is 0 Å². The van der Waals surface area contributed by atoms with E-state index >= 15 is 0 Å².